The predicted octanol–water partition coefficient (Wildman–Crippen LogP) is 5.31. The van der Waals surface area contributed by atoms with E-state index in [1.807, 2.05) is 48.5 Å². The molecule has 0 saturated heterocycles. The third-order valence-electron chi connectivity index (χ3n) is 3.45. The summed E-state index contributed by atoms with van der Waals surface area (Å²) >= 11 is 0. The fourth-order valence-corrected chi connectivity index (χ4v) is 2.32. The Kier molecular flexibility index (Phi) is 4.15. The van der Waals surface area contributed by atoms with Crippen molar-refractivity contribution in [3.05, 3.63) is 83.7 Å². The van der Waals surface area contributed by atoms with Crippen LogP contribution in [0.2, 0.25) is 0 Å². The molecule has 0 aliphatic heterocycles. The first-order chi connectivity index (χ1) is 11.0. The lowest BCUT2D eigenvalue weighted by atomic mass is 10.1. The van der Waals surface area contributed by atoms with E-state index >= 15 is 0 Å². The Morgan fingerprint density at radius 2 is 1.78 bits per heavy atom. The maximum Gasteiger partial charge on any atom is 0.417 e. The molecule has 23 heavy (non-hydrogen) atoms. The van der Waals surface area contributed by atoms with Crippen molar-refractivity contribution in [2.75, 3.05) is 0 Å². The lowest BCUT2D eigenvalue weighted by Gasteiger charge is -2.06. The van der Waals surface area contributed by atoms with Gasteiger partial charge in [-0.05, 0) is 28.5 Å². The van der Waals surface area contributed by atoms with Gasteiger partial charge >= 0.3 is 6.18 Å². The van der Waals surface area contributed by atoms with Crippen molar-refractivity contribution >= 4 is 16.8 Å². The van der Waals surface area contributed by atoms with Crippen LogP contribution in [0.3, 0.4) is 0 Å². The lowest BCUT2D eigenvalue weighted by molar-refractivity contribution is -0.137. The quantitative estimate of drug-likeness (QED) is 0.638. The fourth-order valence-electron chi connectivity index (χ4n) is 2.32. The second-order valence-corrected chi connectivity index (χ2v) is 5.14. The number of pyridine rings is 1. The molecule has 3 rings (SSSR count). The van der Waals surface area contributed by atoms with E-state index in [1.165, 1.54) is 6.20 Å². The van der Waals surface area contributed by atoms with Gasteiger partial charge in [0.05, 0.1) is 11.3 Å². The van der Waals surface area contributed by atoms with Crippen molar-refractivity contribution in [1.82, 2.24) is 4.98 Å². The summed E-state index contributed by atoms with van der Waals surface area (Å²) in [5, 5.41) is 2.27. The highest BCUT2D eigenvalue weighted by Crippen LogP contribution is 2.28. The molecule has 0 spiro atoms. The second-order valence-electron chi connectivity index (χ2n) is 5.14. The summed E-state index contributed by atoms with van der Waals surface area (Å²) in [5.41, 5.74) is 0.481. The first kappa shape index (κ1) is 15.3. The molecule has 115 valence electrons. The van der Waals surface area contributed by atoms with Crippen LogP contribution in [0.25, 0.3) is 16.8 Å². The minimum absolute atomic E-state index is 0.275. The third-order valence-corrected chi connectivity index (χ3v) is 3.45. The fraction of sp³-hybridized carbons (Fsp3) is 0.105. The number of halogens is 3. The molecule has 0 fully saturated rings. The Balaban J connectivity index is 1.75. The summed E-state index contributed by atoms with van der Waals surface area (Å²) in [6.07, 6.45) is 0.750. The molecule has 0 bridgehead atoms. The molecule has 0 unspecified atom stereocenters. The summed E-state index contributed by atoms with van der Waals surface area (Å²) in [4.78, 5) is 3.93. The molecule has 0 atom stereocenters. The number of hydrogen-bond donors (Lipinski definition) is 0. The number of allylic oxidation sites excluding steroid dienone is 1. The van der Waals surface area contributed by atoms with Gasteiger partial charge < -0.3 is 0 Å². The molecule has 0 aliphatic rings. The molecule has 0 aliphatic carbocycles. The Labute approximate surface area is 132 Å². The highest BCUT2D eigenvalue weighted by Gasteiger charge is 2.30. The summed E-state index contributed by atoms with van der Waals surface area (Å²) < 4.78 is 37.9. The van der Waals surface area contributed by atoms with Crippen molar-refractivity contribution in [3.63, 3.8) is 0 Å². The van der Waals surface area contributed by atoms with Crippen LogP contribution in [0.1, 0.15) is 16.8 Å². The number of benzene rings is 2. The van der Waals surface area contributed by atoms with Crippen LogP contribution in [0, 0.1) is 6.07 Å². The summed E-state index contributed by atoms with van der Waals surface area (Å²) in [5.74, 6) is 0. The molecule has 1 nitrogen and oxygen atoms in total. The van der Waals surface area contributed by atoms with Gasteiger partial charge in [0.15, 0.2) is 0 Å². The minimum Gasteiger partial charge on any atom is -0.260 e. The van der Waals surface area contributed by atoms with Gasteiger partial charge in [-0.3, -0.25) is 4.98 Å². The number of nitrogens with zero attached hydrogens (tertiary/aromatic N) is 1. The molecule has 1 heterocycles. The number of hydrogen-bond acceptors (Lipinski definition) is 1. The van der Waals surface area contributed by atoms with E-state index in [-0.39, 0.29) is 5.69 Å². The molecular formula is C19H13F3N. The van der Waals surface area contributed by atoms with Crippen molar-refractivity contribution in [2.24, 2.45) is 0 Å². The molecular weight excluding hydrogens is 299 g/mol. The van der Waals surface area contributed by atoms with Gasteiger partial charge in [0, 0.05) is 18.7 Å². The highest BCUT2D eigenvalue weighted by atomic mass is 19.4. The van der Waals surface area contributed by atoms with Crippen LogP contribution in [0.15, 0.2) is 60.8 Å². The zero-order chi connectivity index (χ0) is 16.3. The number of rotatable bonds is 3. The van der Waals surface area contributed by atoms with Gasteiger partial charge in [-0.15, -0.1) is 0 Å². The number of fused-ring (bicyclic) bond motifs is 1. The topological polar surface area (TPSA) is 12.9 Å². The molecule has 3 aromatic rings. The smallest absolute Gasteiger partial charge is 0.260 e. The Bertz CT molecular complexity index is 850. The lowest BCUT2D eigenvalue weighted by Crippen LogP contribution is -2.06. The molecule has 2 aromatic carbocycles. The van der Waals surface area contributed by atoms with Crippen LogP contribution >= 0.6 is 0 Å². The first-order valence-corrected chi connectivity index (χ1v) is 7.12. The van der Waals surface area contributed by atoms with Crippen LogP contribution in [0.5, 0.6) is 0 Å². The van der Waals surface area contributed by atoms with Crippen molar-refractivity contribution in [3.8, 4) is 0 Å². The Morgan fingerprint density at radius 1 is 1.00 bits per heavy atom. The maximum absolute atomic E-state index is 12.6. The molecule has 4 heteroatoms. The molecule has 0 N–H and O–H groups in total. The Hall–Kier alpha value is -2.62. The van der Waals surface area contributed by atoms with Crippen LogP contribution < -0.4 is 0 Å². The number of aromatic nitrogens is 1. The zero-order valence-electron chi connectivity index (χ0n) is 12.1. The van der Waals surface area contributed by atoms with E-state index in [2.05, 4.69) is 11.1 Å². The average molecular weight is 312 g/mol. The maximum atomic E-state index is 12.6. The average Bonchev–Trinajstić information content (AvgIpc) is 2.54. The molecule has 0 amide bonds. The summed E-state index contributed by atoms with van der Waals surface area (Å²) in [6.45, 7) is 0. The normalized spacial score (nSPS) is 12.1. The molecule has 1 aromatic heterocycles. The summed E-state index contributed by atoms with van der Waals surface area (Å²) in [7, 11) is 0. The molecule has 1 radical (unpaired) electrons. The van der Waals surface area contributed by atoms with Crippen molar-refractivity contribution < 1.29 is 13.2 Å². The highest BCUT2D eigenvalue weighted by molar-refractivity contribution is 5.84. The molecule has 0 saturated carbocycles. The predicted molar refractivity (Wildman–Crippen MR) is 84.8 cm³/mol. The van der Waals surface area contributed by atoms with Crippen molar-refractivity contribution in [1.29, 1.82) is 0 Å². The van der Waals surface area contributed by atoms with Crippen LogP contribution in [-0.4, -0.2) is 4.98 Å². The van der Waals surface area contributed by atoms with E-state index in [0.717, 1.165) is 22.4 Å². The van der Waals surface area contributed by atoms with E-state index in [4.69, 9.17) is 0 Å². The minimum atomic E-state index is -4.39. The van der Waals surface area contributed by atoms with E-state index in [9.17, 15) is 13.2 Å². The number of alkyl halides is 3. The third kappa shape index (κ3) is 3.77. The standard InChI is InChI=1S/C19H13F3N/c20-19(21,22)17-10-11-23-18(13-17)7-3-4-14-8-9-15-5-1-2-6-16(15)12-14/h1-6,8-12H,7H2. The monoisotopic (exact) mass is 312 g/mol. The van der Waals surface area contributed by atoms with E-state index < -0.39 is 11.7 Å². The first-order valence-electron chi connectivity index (χ1n) is 7.12. The van der Waals surface area contributed by atoms with E-state index in [0.29, 0.717) is 6.42 Å². The van der Waals surface area contributed by atoms with Gasteiger partial charge in [-0.25, -0.2) is 0 Å². The van der Waals surface area contributed by atoms with E-state index in [1.54, 1.807) is 6.08 Å². The SMILES string of the molecule is FC(F)(F)c1[c]c(CC=Cc2ccc3ccccc3c2)ncc1. The summed E-state index contributed by atoms with van der Waals surface area (Å²) in [6, 6.07) is 17.3. The van der Waals surface area contributed by atoms with Gasteiger partial charge in [0.25, 0.3) is 0 Å². The van der Waals surface area contributed by atoms with Gasteiger partial charge in [-0.1, -0.05) is 48.6 Å². The van der Waals surface area contributed by atoms with Gasteiger partial charge in [-0.2, -0.15) is 13.2 Å². The van der Waals surface area contributed by atoms with Gasteiger partial charge in [0.2, 0.25) is 0 Å². The second kappa shape index (κ2) is 6.24. The van der Waals surface area contributed by atoms with Crippen LogP contribution in [0.4, 0.5) is 13.2 Å². The van der Waals surface area contributed by atoms with Gasteiger partial charge in [0.1, 0.15) is 0 Å². The van der Waals surface area contributed by atoms with Crippen LogP contribution in [-0.2, 0) is 12.6 Å². The van der Waals surface area contributed by atoms with Crippen molar-refractivity contribution in [2.45, 2.75) is 12.6 Å². The largest absolute Gasteiger partial charge is 0.417 e. The zero-order valence-corrected chi connectivity index (χ0v) is 12.1. The Morgan fingerprint density at radius 3 is 2.57 bits per heavy atom.